The largest absolute Gasteiger partial charge is 0.504 e. The van der Waals surface area contributed by atoms with E-state index in [1.807, 2.05) is 36.4 Å². The van der Waals surface area contributed by atoms with Crippen LogP contribution in [0.4, 0.5) is 0 Å². The van der Waals surface area contributed by atoms with Crippen molar-refractivity contribution in [2.45, 2.75) is 6.42 Å². The van der Waals surface area contributed by atoms with E-state index >= 15 is 0 Å². The van der Waals surface area contributed by atoms with Crippen LogP contribution in [-0.2, 0) is 6.42 Å². The number of methoxy groups -OCH3 is 1. The molecule has 3 heteroatoms. The van der Waals surface area contributed by atoms with E-state index in [1.54, 1.807) is 12.1 Å². The van der Waals surface area contributed by atoms with Crippen molar-refractivity contribution in [3.05, 3.63) is 64.7 Å². The summed E-state index contributed by atoms with van der Waals surface area (Å²) in [5, 5.41) is 9.77. The first-order valence-corrected chi connectivity index (χ1v) is 6.39. The molecule has 1 aliphatic rings. The number of phenols is 1. The van der Waals surface area contributed by atoms with Crippen molar-refractivity contribution < 1.29 is 14.6 Å². The predicted molar refractivity (Wildman–Crippen MR) is 77.1 cm³/mol. The second-order valence-electron chi connectivity index (χ2n) is 4.76. The molecule has 0 unspecified atom stereocenters. The minimum atomic E-state index is 0.0657. The Labute approximate surface area is 117 Å². The third-order valence-corrected chi connectivity index (χ3v) is 3.48. The van der Waals surface area contributed by atoms with Crippen molar-refractivity contribution in [3.63, 3.8) is 0 Å². The lowest BCUT2D eigenvalue weighted by Crippen LogP contribution is -1.95. The molecule has 2 aromatic rings. The Morgan fingerprint density at radius 2 is 2.00 bits per heavy atom. The van der Waals surface area contributed by atoms with Gasteiger partial charge in [0.1, 0.15) is 0 Å². The van der Waals surface area contributed by atoms with E-state index in [4.69, 9.17) is 4.74 Å². The van der Waals surface area contributed by atoms with Gasteiger partial charge in [-0.1, -0.05) is 30.3 Å². The fourth-order valence-electron chi connectivity index (χ4n) is 2.47. The summed E-state index contributed by atoms with van der Waals surface area (Å²) in [5.41, 5.74) is 3.37. The molecule has 2 aromatic carbocycles. The van der Waals surface area contributed by atoms with Crippen LogP contribution in [0.5, 0.6) is 11.5 Å². The summed E-state index contributed by atoms with van der Waals surface area (Å²) >= 11 is 0. The summed E-state index contributed by atoms with van der Waals surface area (Å²) in [6.07, 6.45) is 2.46. The molecule has 0 fully saturated rings. The SMILES string of the molecule is COc1ccc(C=C2Cc3ccccc3C2=O)cc1O. The van der Waals surface area contributed by atoms with Gasteiger partial charge in [-0.3, -0.25) is 4.79 Å². The fraction of sp³-hybridized carbons (Fsp3) is 0.118. The summed E-state index contributed by atoms with van der Waals surface area (Å²) in [4.78, 5) is 12.3. The smallest absolute Gasteiger partial charge is 0.189 e. The lowest BCUT2D eigenvalue weighted by Gasteiger charge is -2.04. The number of phenolic OH excluding ortho intramolecular Hbond substituents is 1. The number of hydrogen-bond donors (Lipinski definition) is 1. The Morgan fingerprint density at radius 3 is 2.70 bits per heavy atom. The molecule has 0 amide bonds. The molecular formula is C17H14O3. The molecule has 0 saturated carbocycles. The summed E-state index contributed by atoms with van der Waals surface area (Å²) in [5.74, 6) is 0.564. The van der Waals surface area contributed by atoms with Crippen LogP contribution in [0, 0.1) is 0 Å². The highest BCUT2D eigenvalue weighted by Crippen LogP contribution is 2.30. The van der Waals surface area contributed by atoms with Gasteiger partial charge < -0.3 is 9.84 Å². The molecule has 0 bridgehead atoms. The highest BCUT2D eigenvalue weighted by molar-refractivity contribution is 6.15. The Hall–Kier alpha value is -2.55. The number of aromatic hydroxyl groups is 1. The van der Waals surface area contributed by atoms with Crippen molar-refractivity contribution >= 4 is 11.9 Å². The van der Waals surface area contributed by atoms with Gasteiger partial charge in [-0.15, -0.1) is 0 Å². The first kappa shape index (κ1) is 12.5. The molecule has 0 atom stereocenters. The van der Waals surface area contributed by atoms with Crippen molar-refractivity contribution in [3.8, 4) is 11.5 Å². The van der Waals surface area contributed by atoms with Gasteiger partial charge in [0, 0.05) is 17.6 Å². The van der Waals surface area contributed by atoms with Crippen LogP contribution in [-0.4, -0.2) is 18.0 Å². The molecule has 1 aliphatic carbocycles. The maximum absolute atomic E-state index is 12.3. The number of Topliss-reactive ketones (excluding diaryl/α,β-unsaturated/α-hetero) is 1. The third kappa shape index (κ3) is 2.07. The first-order valence-electron chi connectivity index (χ1n) is 6.39. The van der Waals surface area contributed by atoms with Crippen LogP contribution < -0.4 is 4.74 Å². The molecule has 0 spiro atoms. The van der Waals surface area contributed by atoms with E-state index in [0.29, 0.717) is 12.2 Å². The first-order chi connectivity index (χ1) is 9.69. The van der Waals surface area contributed by atoms with Crippen LogP contribution in [0.25, 0.3) is 6.08 Å². The zero-order valence-electron chi connectivity index (χ0n) is 11.1. The summed E-state index contributed by atoms with van der Waals surface area (Å²) in [6.45, 7) is 0. The van der Waals surface area contributed by atoms with E-state index in [1.165, 1.54) is 7.11 Å². The van der Waals surface area contributed by atoms with Gasteiger partial charge in [-0.2, -0.15) is 0 Å². The predicted octanol–water partition coefficient (Wildman–Crippen LogP) is 3.22. The molecule has 0 aromatic heterocycles. The molecule has 0 saturated heterocycles. The number of carbonyl (C=O) groups excluding carboxylic acids is 1. The van der Waals surface area contributed by atoms with Gasteiger partial charge >= 0.3 is 0 Å². The quantitative estimate of drug-likeness (QED) is 0.849. The topological polar surface area (TPSA) is 46.5 Å². The molecule has 0 aliphatic heterocycles. The van der Waals surface area contributed by atoms with Crippen LogP contribution in [0.15, 0.2) is 48.0 Å². The van der Waals surface area contributed by atoms with Gasteiger partial charge in [0.2, 0.25) is 0 Å². The Morgan fingerprint density at radius 1 is 1.20 bits per heavy atom. The van der Waals surface area contributed by atoms with Gasteiger partial charge in [0.05, 0.1) is 7.11 Å². The number of rotatable bonds is 2. The molecule has 100 valence electrons. The van der Waals surface area contributed by atoms with Crippen molar-refractivity contribution in [1.82, 2.24) is 0 Å². The maximum Gasteiger partial charge on any atom is 0.189 e. The molecule has 20 heavy (non-hydrogen) atoms. The van der Waals surface area contributed by atoms with Crippen LogP contribution in [0.2, 0.25) is 0 Å². The number of allylic oxidation sites excluding steroid dienone is 1. The molecule has 1 N–H and O–H groups in total. The van der Waals surface area contributed by atoms with Gasteiger partial charge in [0.15, 0.2) is 17.3 Å². The Bertz CT molecular complexity index is 714. The van der Waals surface area contributed by atoms with Gasteiger partial charge in [-0.05, 0) is 29.3 Å². The van der Waals surface area contributed by atoms with E-state index in [2.05, 4.69) is 0 Å². The highest BCUT2D eigenvalue weighted by atomic mass is 16.5. The number of ketones is 1. The van der Waals surface area contributed by atoms with Crippen LogP contribution in [0.3, 0.4) is 0 Å². The fourth-order valence-corrected chi connectivity index (χ4v) is 2.47. The summed E-state index contributed by atoms with van der Waals surface area (Å²) in [6, 6.07) is 12.7. The van der Waals surface area contributed by atoms with Crippen molar-refractivity contribution in [2.24, 2.45) is 0 Å². The monoisotopic (exact) mass is 266 g/mol. The Kier molecular flexibility index (Phi) is 3.03. The second kappa shape index (κ2) is 4.85. The zero-order valence-corrected chi connectivity index (χ0v) is 11.1. The van der Waals surface area contributed by atoms with Crippen LogP contribution >= 0.6 is 0 Å². The molecule has 3 nitrogen and oxygen atoms in total. The average molecular weight is 266 g/mol. The van der Waals surface area contributed by atoms with E-state index in [-0.39, 0.29) is 11.5 Å². The standard InChI is InChI=1S/C17H14O3/c1-20-16-7-6-11(9-15(16)18)8-13-10-12-4-2-3-5-14(12)17(13)19/h2-9,18H,10H2,1H3. The zero-order chi connectivity index (χ0) is 14.1. The molecule has 3 rings (SSSR count). The van der Waals surface area contributed by atoms with Crippen molar-refractivity contribution in [2.75, 3.05) is 7.11 Å². The summed E-state index contributed by atoms with van der Waals surface area (Å²) < 4.78 is 5.00. The molecule has 0 radical (unpaired) electrons. The number of ether oxygens (including phenoxy) is 1. The molecule has 0 heterocycles. The van der Waals surface area contributed by atoms with E-state index in [9.17, 15) is 9.90 Å². The van der Waals surface area contributed by atoms with E-state index in [0.717, 1.165) is 22.3 Å². The average Bonchev–Trinajstić information content (AvgIpc) is 2.76. The number of hydrogen-bond acceptors (Lipinski definition) is 3. The number of fused-ring (bicyclic) bond motifs is 1. The third-order valence-electron chi connectivity index (χ3n) is 3.48. The highest BCUT2D eigenvalue weighted by Gasteiger charge is 2.23. The second-order valence-corrected chi connectivity index (χ2v) is 4.76. The minimum absolute atomic E-state index is 0.0657. The maximum atomic E-state index is 12.3. The summed E-state index contributed by atoms with van der Waals surface area (Å²) in [7, 11) is 1.50. The normalized spacial score (nSPS) is 15.4. The van der Waals surface area contributed by atoms with Crippen LogP contribution in [0.1, 0.15) is 21.5 Å². The number of carbonyl (C=O) groups is 1. The lowest BCUT2D eigenvalue weighted by atomic mass is 10.1. The van der Waals surface area contributed by atoms with Gasteiger partial charge in [0.25, 0.3) is 0 Å². The van der Waals surface area contributed by atoms with Crippen molar-refractivity contribution in [1.29, 1.82) is 0 Å². The molecular weight excluding hydrogens is 252 g/mol. The Balaban J connectivity index is 1.95. The lowest BCUT2D eigenvalue weighted by molar-refractivity contribution is 0.104. The van der Waals surface area contributed by atoms with Gasteiger partial charge in [-0.25, -0.2) is 0 Å². The van der Waals surface area contributed by atoms with E-state index < -0.39 is 0 Å². The minimum Gasteiger partial charge on any atom is -0.504 e. The number of benzene rings is 2.